The maximum atomic E-state index is 11.8. The van der Waals surface area contributed by atoms with Gasteiger partial charge < -0.3 is 10.6 Å². The van der Waals surface area contributed by atoms with E-state index < -0.39 is 0 Å². The summed E-state index contributed by atoms with van der Waals surface area (Å²) in [5.74, 6) is 0.712. The summed E-state index contributed by atoms with van der Waals surface area (Å²) in [5.41, 5.74) is 0. The fourth-order valence-corrected chi connectivity index (χ4v) is 3.22. The summed E-state index contributed by atoms with van der Waals surface area (Å²) in [6.07, 6.45) is 4.12. The first-order valence-electron chi connectivity index (χ1n) is 6.83. The van der Waals surface area contributed by atoms with Crippen molar-refractivity contribution >= 4 is 17.2 Å². The highest BCUT2D eigenvalue weighted by molar-refractivity contribution is 7.11. The average molecular weight is 266 g/mol. The van der Waals surface area contributed by atoms with Crippen LogP contribution in [-0.2, 0) is 17.8 Å². The Morgan fingerprint density at radius 2 is 2.33 bits per heavy atom. The lowest BCUT2D eigenvalue weighted by atomic mass is 9.96. The standard InChI is InChI=1S/C14H22N2OS/c1-2-12-5-6-13(18-12)10-16-14(17)8-11-4-3-7-15-9-11/h5-6,11,15H,2-4,7-10H2,1H3,(H,16,17). The molecule has 100 valence electrons. The zero-order chi connectivity index (χ0) is 12.8. The Morgan fingerprint density at radius 1 is 1.50 bits per heavy atom. The smallest absolute Gasteiger partial charge is 0.220 e. The molecule has 0 spiro atoms. The van der Waals surface area contributed by atoms with E-state index in [4.69, 9.17) is 0 Å². The molecule has 0 aromatic carbocycles. The van der Waals surface area contributed by atoms with Crippen LogP contribution < -0.4 is 10.6 Å². The molecule has 2 rings (SSSR count). The number of piperidine rings is 1. The number of thiophene rings is 1. The van der Waals surface area contributed by atoms with Crippen LogP contribution in [-0.4, -0.2) is 19.0 Å². The van der Waals surface area contributed by atoms with Gasteiger partial charge in [0.2, 0.25) is 5.91 Å². The Labute approximate surface area is 113 Å². The minimum Gasteiger partial charge on any atom is -0.351 e. The molecule has 3 nitrogen and oxygen atoms in total. The summed E-state index contributed by atoms with van der Waals surface area (Å²) in [6, 6.07) is 4.27. The van der Waals surface area contributed by atoms with Gasteiger partial charge in [0.1, 0.15) is 0 Å². The molecule has 1 amide bonds. The fourth-order valence-electron chi connectivity index (χ4n) is 2.33. The molecule has 0 radical (unpaired) electrons. The molecule has 1 aromatic rings. The van der Waals surface area contributed by atoms with Gasteiger partial charge in [-0.1, -0.05) is 6.92 Å². The number of rotatable bonds is 5. The minimum atomic E-state index is 0.190. The van der Waals surface area contributed by atoms with Crippen LogP contribution in [0.2, 0.25) is 0 Å². The zero-order valence-electron chi connectivity index (χ0n) is 11.0. The number of amides is 1. The van der Waals surface area contributed by atoms with E-state index in [1.165, 1.54) is 22.6 Å². The lowest BCUT2D eigenvalue weighted by molar-refractivity contribution is -0.122. The summed E-state index contributed by atoms with van der Waals surface area (Å²) >= 11 is 1.79. The first kappa shape index (κ1) is 13.6. The highest BCUT2D eigenvalue weighted by atomic mass is 32.1. The molecule has 1 aliphatic heterocycles. The first-order chi connectivity index (χ1) is 8.78. The molecule has 1 saturated heterocycles. The van der Waals surface area contributed by atoms with Gasteiger partial charge in [0.25, 0.3) is 0 Å². The van der Waals surface area contributed by atoms with Crippen LogP contribution in [0.15, 0.2) is 12.1 Å². The third kappa shape index (κ3) is 4.10. The number of carbonyl (C=O) groups excluding carboxylic acids is 1. The fraction of sp³-hybridized carbons (Fsp3) is 0.643. The van der Waals surface area contributed by atoms with Crippen molar-refractivity contribution in [2.24, 2.45) is 5.92 Å². The van der Waals surface area contributed by atoms with E-state index >= 15 is 0 Å². The first-order valence-corrected chi connectivity index (χ1v) is 7.64. The summed E-state index contributed by atoms with van der Waals surface area (Å²) in [7, 11) is 0. The molecule has 0 aliphatic carbocycles. The van der Waals surface area contributed by atoms with Gasteiger partial charge in [0.15, 0.2) is 0 Å². The second kappa shape index (κ2) is 6.90. The van der Waals surface area contributed by atoms with Crippen molar-refractivity contribution in [3.05, 3.63) is 21.9 Å². The molecular weight excluding hydrogens is 244 g/mol. The van der Waals surface area contributed by atoms with Crippen LogP contribution in [0.4, 0.5) is 0 Å². The Morgan fingerprint density at radius 3 is 3.00 bits per heavy atom. The average Bonchev–Trinajstić information content (AvgIpc) is 2.85. The summed E-state index contributed by atoms with van der Waals surface area (Å²) in [5, 5.41) is 6.37. The molecule has 18 heavy (non-hydrogen) atoms. The molecule has 4 heteroatoms. The van der Waals surface area contributed by atoms with Crippen LogP contribution in [0.5, 0.6) is 0 Å². The van der Waals surface area contributed by atoms with E-state index in [0.717, 1.165) is 19.5 Å². The number of nitrogens with one attached hydrogen (secondary N) is 2. The van der Waals surface area contributed by atoms with Crippen LogP contribution in [0.3, 0.4) is 0 Å². The molecule has 0 saturated carbocycles. The summed E-state index contributed by atoms with van der Waals surface area (Å²) in [4.78, 5) is 14.5. The quantitative estimate of drug-likeness (QED) is 0.858. The third-order valence-corrected chi connectivity index (χ3v) is 4.63. The molecule has 2 heterocycles. The van der Waals surface area contributed by atoms with Gasteiger partial charge in [0, 0.05) is 16.2 Å². The molecule has 1 fully saturated rings. The second-order valence-electron chi connectivity index (χ2n) is 4.91. The monoisotopic (exact) mass is 266 g/mol. The maximum absolute atomic E-state index is 11.8. The molecule has 2 N–H and O–H groups in total. The summed E-state index contributed by atoms with van der Waals surface area (Å²) < 4.78 is 0. The predicted octanol–water partition coefficient (Wildman–Crippen LogP) is 2.32. The molecule has 0 bridgehead atoms. The van der Waals surface area contributed by atoms with Gasteiger partial charge in [-0.3, -0.25) is 4.79 Å². The predicted molar refractivity (Wildman–Crippen MR) is 75.8 cm³/mol. The molecule has 1 unspecified atom stereocenters. The number of hydrogen-bond donors (Lipinski definition) is 2. The lowest BCUT2D eigenvalue weighted by Crippen LogP contribution is -2.33. The highest BCUT2D eigenvalue weighted by Crippen LogP contribution is 2.17. The van der Waals surface area contributed by atoms with Gasteiger partial charge in [0.05, 0.1) is 6.54 Å². The molecular formula is C14H22N2OS. The van der Waals surface area contributed by atoms with E-state index in [1.807, 2.05) is 0 Å². The van der Waals surface area contributed by atoms with Crippen LogP contribution in [0, 0.1) is 5.92 Å². The largest absolute Gasteiger partial charge is 0.351 e. The van der Waals surface area contributed by atoms with Gasteiger partial charge in [-0.15, -0.1) is 11.3 Å². The number of aryl methyl sites for hydroxylation is 1. The minimum absolute atomic E-state index is 0.190. The van der Waals surface area contributed by atoms with Crippen LogP contribution in [0.25, 0.3) is 0 Å². The van der Waals surface area contributed by atoms with Crippen molar-refractivity contribution in [3.63, 3.8) is 0 Å². The van der Waals surface area contributed by atoms with Gasteiger partial charge >= 0.3 is 0 Å². The number of hydrogen-bond acceptors (Lipinski definition) is 3. The van der Waals surface area contributed by atoms with Crippen LogP contribution in [0.1, 0.15) is 35.9 Å². The lowest BCUT2D eigenvalue weighted by Gasteiger charge is -2.21. The van der Waals surface area contributed by atoms with E-state index in [1.54, 1.807) is 11.3 Å². The highest BCUT2D eigenvalue weighted by Gasteiger charge is 2.16. The maximum Gasteiger partial charge on any atom is 0.220 e. The Kier molecular flexibility index (Phi) is 5.20. The summed E-state index contributed by atoms with van der Waals surface area (Å²) in [6.45, 7) is 4.94. The van der Waals surface area contributed by atoms with Crippen molar-refractivity contribution in [3.8, 4) is 0 Å². The van der Waals surface area contributed by atoms with E-state index in [-0.39, 0.29) is 5.91 Å². The van der Waals surface area contributed by atoms with Crippen molar-refractivity contribution in [1.29, 1.82) is 0 Å². The molecule has 1 atom stereocenters. The topological polar surface area (TPSA) is 41.1 Å². The van der Waals surface area contributed by atoms with Crippen molar-refractivity contribution in [1.82, 2.24) is 10.6 Å². The normalized spacial score (nSPS) is 19.7. The number of carbonyl (C=O) groups is 1. The Balaban J connectivity index is 1.70. The van der Waals surface area contributed by atoms with E-state index in [2.05, 4.69) is 29.7 Å². The SMILES string of the molecule is CCc1ccc(CNC(=O)CC2CCCNC2)s1. The van der Waals surface area contributed by atoms with Gasteiger partial charge in [-0.2, -0.15) is 0 Å². The Hall–Kier alpha value is -0.870. The van der Waals surface area contributed by atoms with Gasteiger partial charge in [-0.05, 0) is 50.4 Å². The van der Waals surface area contributed by atoms with Crippen molar-refractivity contribution < 1.29 is 4.79 Å². The van der Waals surface area contributed by atoms with E-state index in [9.17, 15) is 4.79 Å². The van der Waals surface area contributed by atoms with Crippen molar-refractivity contribution in [2.45, 2.75) is 39.2 Å². The van der Waals surface area contributed by atoms with Crippen molar-refractivity contribution in [2.75, 3.05) is 13.1 Å². The zero-order valence-corrected chi connectivity index (χ0v) is 11.8. The molecule has 1 aliphatic rings. The molecule has 1 aromatic heterocycles. The Bertz CT molecular complexity index is 383. The van der Waals surface area contributed by atoms with Gasteiger partial charge in [-0.25, -0.2) is 0 Å². The van der Waals surface area contributed by atoms with Crippen LogP contribution >= 0.6 is 11.3 Å². The van der Waals surface area contributed by atoms with E-state index in [0.29, 0.717) is 18.9 Å². The third-order valence-electron chi connectivity index (χ3n) is 3.40. The second-order valence-corrected chi connectivity index (χ2v) is 6.17.